The number of nitrogens with zero attached hydrogens (tertiary/aromatic N) is 1. The van der Waals surface area contributed by atoms with Crippen LogP contribution in [0.25, 0.3) is 0 Å². The molecule has 0 aliphatic rings. The number of hydrogen-bond acceptors (Lipinski definition) is 3. The number of H-pyrrole nitrogens is 1. The molecule has 7 heteroatoms. The number of nitrogens with one attached hydrogen (secondary N) is 2. The molecule has 0 bridgehead atoms. The van der Waals surface area contributed by atoms with Crippen molar-refractivity contribution < 1.29 is 13.6 Å². The second kappa shape index (κ2) is 4.82. The number of nitrogen functional groups attached to an aromatic ring is 1. The van der Waals surface area contributed by atoms with Crippen molar-refractivity contribution in [2.24, 2.45) is 0 Å². The van der Waals surface area contributed by atoms with Crippen LogP contribution in [0.5, 0.6) is 0 Å². The van der Waals surface area contributed by atoms with E-state index in [2.05, 4.69) is 15.5 Å². The minimum atomic E-state index is -0.910. The number of nitrogens with two attached hydrogens (primary N) is 1. The topological polar surface area (TPSA) is 83.8 Å². The van der Waals surface area contributed by atoms with E-state index in [4.69, 9.17) is 5.73 Å². The highest BCUT2D eigenvalue weighted by Gasteiger charge is 2.16. The number of benzene rings is 1. The highest BCUT2D eigenvalue weighted by molar-refractivity contribution is 5.94. The fraction of sp³-hybridized carbons (Fsp3) is 0.0909. The lowest BCUT2D eigenvalue weighted by molar-refractivity contribution is 0.0942. The summed E-state index contributed by atoms with van der Waals surface area (Å²) in [6.07, 6.45) is 1.42. The summed E-state index contributed by atoms with van der Waals surface area (Å²) in [7, 11) is 0. The fourth-order valence-electron chi connectivity index (χ4n) is 1.44. The zero-order valence-corrected chi connectivity index (χ0v) is 9.21. The predicted molar refractivity (Wildman–Crippen MR) is 60.5 cm³/mol. The fourth-order valence-corrected chi connectivity index (χ4v) is 1.44. The Kier molecular flexibility index (Phi) is 3.22. The molecule has 0 aliphatic carbocycles. The molecule has 4 N–H and O–H groups in total. The molecule has 0 atom stereocenters. The van der Waals surface area contributed by atoms with Crippen molar-refractivity contribution in [3.05, 3.63) is 47.2 Å². The van der Waals surface area contributed by atoms with Crippen LogP contribution < -0.4 is 11.1 Å². The van der Waals surface area contributed by atoms with E-state index in [0.29, 0.717) is 11.4 Å². The Morgan fingerprint density at radius 2 is 2.06 bits per heavy atom. The van der Waals surface area contributed by atoms with Gasteiger partial charge in [-0.1, -0.05) is 6.07 Å². The first-order chi connectivity index (χ1) is 8.59. The summed E-state index contributed by atoms with van der Waals surface area (Å²) in [6, 6.07) is 3.23. The SMILES string of the molecule is Nc1[nH]ncc1CNC(=O)c1c(F)cccc1F. The number of rotatable bonds is 3. The molecule has 0 aliphatic heterocycles. The van der Waals surface area contributed by atoms with Gasteiger partial charge in [0.15, 0.2) is 0 Å². The van der Waals surface area contributed by atoms with Gasteiger partial charge in [-0.2, -0.15) is 5.10 Å². The Balaban J connectivity index is 2.11. The molecule has 0 radical (unpaired) electrons. The third kappa shape index (κ3) is 2.29. The molecular weight excluding hydrogens is 242 g/mol. The number of halogens is 2. The Bertz CT molecular complexity index is 562. The molecule has 0 saturated heterocycles. The van der Waals surface area contributed by atoms with E-state index < -0.39 is 23.1 Å². The number of aromatic amines is 1. The number of carbonyl (C=O) groups is 1. The second-order valence-electron chi connectivity index (χ2n) is 3.59. The Hall–Kier alpha value is -2.44. The van der Waals surface area contributed by atoms with Gasteiger partial charge in [0.05, 0.1) is 6.20 Å². The molecule has 0 fully saturated rings. The van der Waals surface area contributed by atoms with Gasteiger partial charge in [-0.15, -0.1) is 0 Å². The van der Waals surface area contributed by atoms with Crippen molar-refractivity contribution in [2.75, 3.05) is 5.73 Å². The van der Waals surface area contributed by atoms with Gasteiger partial charge in [-0.05, 0) is 12.1 Å². The van der Waals surface area contributed by atoms with Gasteiger partial charge < -0.3 is 11.1 Å². The van der Waals surface area contributed by atoms with Gasteiger partial charge in [-0.25, -0.2) is 8.78 Å². The number of hydrogen-bond donors (Lipinski definition) is 3. The summed E-state index contributed by atoms with van der Waals surface area (Å²) in [5.74, 6) is -2.36. The van der Waals surface area contributed by atoms with Gasteiger partial charge >= 0.3 is 0 Å². The summed E-state index contributed by atoms with van der Waals surface area (Å²) in [6.45, 7) is 0.0366. The number of carbonyl (C=O) groups excluding carboxylic acids is 1. The second-order valence-corrected chi connectivity index (χ2v) is 3.59. The highest BCUT2D eigenvalue weighted by atomic mass is 19.1. The molecule has 0 spiro atoms. The van der Waals surface area contributed by atoms with Crippen LogP contribution in [-0.4, -0.2) is 16.1 Å². The Labute approximate surface area is 101 Å². The van der Waals surface area contributed by atoms with Crippen molar-refractivity contribution in [3.63, 3.8) is 0 Å². The summed E-state index contributed by atoms with van der Waals surface area (Å²) in [5, 5.41) is 8.51. The monoisotopic (exact) mass is 252 g/mol. The van der Waals surface area contributed by atoms with Gasteiger partial charge in [0, 0.05) is 12.1 Å². The number of aromatic nitrogens is 2. The standard InChI is InChI=1S/C11H10F2N4O/c12-7-2-1-3-8(13)9(7)11(18)15-4-6-5-16-17-10(6)14/h1-3,5H,4H2,(H,15,18)(H3,14,16,17). The normalized spacial score (nSPS) is 10.3. The minimum Gasteiger partial charge on any atom is -0.384 e. The van der Waals surface area contributed by atoms with E-state index in [0.717, 1.165) is 12.1 Å². The Morgan fingerprint density at radius 1 is 1.39 bits per heavy atom. The first-order valence-electron chi connectivity index (χ1n) is 5.09. The van der Waals surface area contributed by atoms with Gasteiger partial charge in [0.1, 0.15) is 23.0 Å². The molecule has 94 valence electrons. The predicted octanol–water partition coefficient (Wildman–Crippen LogP) is 1.20. The van der Waals surface area contributed by atoms with Crippen LogP contribution in [0.15, 0.2) is 24.4 Å². The molecule has 5 nitrogen and oxygen atoms in total. The van der Waals surface area contributed by atoms with E-state index in [1.54, 1.807) is 0 Å². The third-order valence-electron chi connectivity index (χ3n) is 2.38. The highest BCUT2D eigenvalue weighted by Crippen LogP contribution is 2.12. The third-order valence-corrected chi connectivity index (χ3v) is 2.38. The van der Waals surface area contributed by atoms with E-state index in [9.17, 15) is 13.6 Å². The molecule has 0 unspecified atom stereocenters. The molecule has 18 heavy (non-hydrogen) atoms. The molecular formula is C11H10F2N4O. The maximum Gasteiger partial charge on any atom is 0.257 e. The van der Waals surface area contributed by atoms with Gasteiger partial charge in [-0.3, -0.25) is 9.89 Å². The zero-order chi connectivity index (χ0) is 13.1. The lowest BCUT2D eigenvalue weighted by Crippen LogP contribution is -2.25. The van der Waals surface area contributed by atoms with Crippen LogP contribution in [-0.2, 0) is 6.54 Å². The Morgan fingerprint density at radius 3 is 2.61 bits per heavy atom. The average molecular weight is 252 g/mol. The number of anilines is 1. The summed E-state index contributed by atoms with van der Waals surface area (Å²) >= 11 is 0. The van der Waals surface area contributed by atoms with Crippen LogP contribution in [0, 0.1) is 11.6 Å². The summed E-state index contributed by atoms with van der Waals surface area (Å²) in [4.78, 5) is 11.6. The maximum absolute atomic E-state index is 13.3. The lowest BCUT2D eigenvalue weighted by atomic mass is 10.2. The van der Waals surface area contributed by atoms with Crippen LogP contribution in [0.2, 0.25) is 0 Å². The maximum atomic E-state index is 13.3. The van der Waals surface area contributed by atoms with Gasteiger partial charge in [0.2, 0.25) is 0 Å². The zero-order valence-electron chi connectivity index (χ0n) is 9.21. The smallest absolute Gasteiger partial charge is 0.257 e. The van der Waals surface area contributed by atoms with Crippen LogP contribution in [0.3, 0.4) is 0 Å². The van der Waals surface area contributed by atoms with Crippen LogP contribution >= 0.6 is 0 Å². The van der Waals surface area contributed by atoms with Gasteiger partial charge in [0.25, 0.3) is 5.91 Å². The van der Waals surface area contributed by atoms with E-state index in [1.165, 1.54) is 12.3 Å². The average Bonchev–Trinajstić information content (AvgIpc) is 2.72. The van der Waals surface area contributed by atoms with E-state index in [-0.39, 0.29) is 6.54 Å². The van der Waals surface area contributed by atoms with Crippen molar-refractivity contribution in [1.29, 1.82) is 0 Å². The molecule has 2 rings (SSSR count). The minimum absolute atomic E-state index is 0.0366. The molecule has 1 aromatic carbocycles. The summed E-state index contributed by atoms with van der Waals surface area (Å²) < 4.78 is 26.6. The van der Waals surface area contributed by atoms with Crippen molar-refractivity contribution >= 4 is 11.7 Å². The number of amides is 1. The summed E-state index contributed by atoms with van der Waals surface area (Å²) in [5.41, 5.74) is 5.44. The molecule has 1 heterocycles. The first kappa shape index (κ1) is 12.0. The molecule has 2 aromatic rings. The molecule has 1 aromatic heterocycles. The van der Waals surface area contributed by atoms with Crippen molar-refractivity contribution in [1.82, 2.24) is 15.5 Å². The lowest BCUT2D eigenvalue weighted by Gasteiger charge is -2.06. The van der Waals surface area contributed by atoms with Crippen molar-refractivity contribution in [3.8, 4) is 0 Å². The molecule has 1 amide bonds. The quantitative estimate of drug-likeness (QED) is 0.767. The molecule has 0 saturated carbocycles. The van der Waals surface area contributed by atoms with E-state index in [1.807, 2.05) is 0 Å². The largest absolute Gasteiger partial charge is 0.384 e. The van der Waals surface area contributed by atoms with Crippen LogP contribution in [0.4, 0.5) is 14.6 Å². The van der Waals surface area contributed by atoms with Crippen molar-refractivity contribution in [2.45, 2.75) is 6.54 Å². The first-order valence-corrected chi connectivity index (χ1v) is 5.09. The van der Waals surface area contributed by atoms with E-state index >= 15 is 0 Å². The van der Waals surface area contributed by atoms with Crippen LogP contribution in [0.1, 0.15) is 15.9 Å².